The average Bonchev–Trinajstić information content (AvgIpc) is 2.77. The molecule has 0 saturated heterocycles. The van der Waals surface area contributed by atoms with Crippen molar-refractivity contribution in [3.05, 3.63) is 41.7 Å². The second-order valence-electron chi connectivity index (χ2n) is 3.76. The zero-order valence-corrected chi connectivity index (χ0v) is 10.0. The molecular formula is C11H9ClN6. The standard InChI is InChI=1S/C11H9ClN6/c12-9-7(2-1-3-14-9)4-18-6-17-8-10(13)15-5-16-11(8)18/h1-3,5-6H,4H2,(H2,13,15,16). The van der Waals surface area contributed by atoms with Gasteiger partial charge < -0.3 is 10.3 Å². The van der Waals surface area contributed by atoms with Gasteiger partial charge in [0.05, 0.1) is 12.9 Å². The Morgan fingerprint density at radius 1 is 1.22 bits per heavy atom. The molecule has 2 N–H and O–H groups in total. The molecule has 0 aliphatic carbocycles. The van der Waals surface area contributed by atoms with Crippen molar-refractivity contribution in [2.75, 3.05) is 5.73 Å². The van der Waals surface area contributed by atoms with Crippen LogP contribution in [0.15, 0.2) is 31.0 Å². The lowest BCUT2D eigenvalue weighted by Gasteiger charge is -2.05. The highest BCUT2D eigenvalue weighted by Crippen LogP contribution is 2.18. The van der Waals surface area contributed by atoms with Crippen molar-refractivity contribution in [3.63, 3.8) is 0 Å². The van der Waals surface area contributed by atoms with Crippen LogP contribution in [0, 0.1) is 0 Å². The van der Waals surface area contributed by atoms with Crippen LogP contribution in [0.2, 0.25) is 5.15 Å². The second-order valence-corrected chi connectivity index (χ2v) is 4.11. The average molecular weight is 261 g/mol. The largest absolute Gasteiger partial charge is 0.382 e. The van der Waals surface area contributed by atoms with Crippen molar-refractivity contribution in [2.24, 2.45) is 0 Å². The fourth-order valence-corrected chi connectivity index (χ4v) is 1.91. The number of anilines is 1. The van der Waals surface area contributed by atoms with Crippen molar-refractivity contribution in [1.82, 2.24) is 24.5 Å². The maximum Gasteiger partial charge on any atom is 0.165 e. The van der Waals surface area contributed by atoms with Crippen LogP contribution in [0.4, 0.5) is 5.82 Å². The number of nitrogens with zero attached hydrogens (tertiary/aromatic N) is 5. The van der Waals surface area contributed by atoms with E-state index in [1.807, 2.05) is 16.7 Å². The first kappa shape index (κ1) is 10.9. The van der Waals surface area contributed by atoms with Gasteiger partial charge in [-0.05, 0) is 6.07 Å². The Kier molecular flexibility index (Phi) is 2.56. The van der Waals surface area contributed by atoms with E-state index in [2.05, 4.69) is 19.9 Å². The van der Waals surface area contributed by atoms with Crippen LogP contribution >= 0.6 is 11.6 Å². The molecule has 3 heterocycles. The van der Waals surface area contributed by atoms with Crippen molar-refractivity contribution in [3.8, 4) is 0 Å². The molecule has 0 aliphatic rings. The number of aromatic nitrogens is 5. The van der Waals surface area contributed by atoms with E-state index in [1.165, 1.54) is 6.33 Å². The molecule has 6 nitrogen and oxygen atoms in total. The molecule has 0 atom stereocenters. The minimum atomic E-state index is 0.371. The summed E-state index contributed by atoms with van der Waals surface area (Å²) < 4.78 is 1.86. The second kappa shape index (κ2) is 4.23. The zero-order valence-electron chi connectivity index (χ0n) is 9.29. The first-order chi connectivity index (χ1) is 8.75. The van der Waals surface area contributed by atoms with Gasteiger partial charge in [0.25, 0.3) is 0 Å². The number of nitrogens with two attached hydrogens (primary N) is 1. The molecule has 7 heteroatoms. The minimum absolute atomic E-state index is 0.371. The Balaban J connectivity index is 2.06. The van der Waals surface area contributed by atoms with E-state index in [0.717, 1.165) is 5.56 Å². The molecule has 0 spiro atoms. The highest BCUT2D eigenvalue weighted by Gasteiger charge is 2.09. The molecule has 0 radical (unpaired) electrons. The van der Waals surface area contributed by atoms with Gasteiger partial charge in [0.15, 0.2) is 11.5 Å². The predicted octanol–water partition coefficient (Wildman–Crippen LogP) is 1.51. The molecule has 0 saturated carbocycles. The van der Waals surface area contributed by atoms with Gasteiger partial charge in [-0.1, -0.05) is 17.7 Å². The SMILES string of the molecule is Nc1ncnc2c1ncn2Cc1cccnc1Cl. The summed E-state index contributed by atoms with van der Waals surface area (Å²) in [6, 6.07) is 3.75. The predicted molar refractivity (Wildman–Crippen MR) is 68.1 cm³/mol. The van der Waals surface area contributed by atoms with Crippen LogP contribution in [0.25, 0.3) is 11.2 Å². The summed E-state index contributed by atoms with van der Waals surface area (Å²) in [5, 5.41) is 0.473. The quantitative estimate of drug-likeness (QED) is 0.706. The van der Waals surface area contributed by atoms with E-state index < -0.39 is 0 Å². The highest BCUT2D eigenvalue weighted by molar-refractivity contribution is 6.30. The van der Waals surface area contributed by atoms with Gasteiger partial charge in [-0.2, -0.15) is 0 Å². The van der Waals surface area contributed by atoms with Crippen molar-refractivity contribution in [1.29, 1.82) is 0 Å². The van der Waals surface area contributed by atoms with Crippen molar-refractivity contribution in [2.45, 2.75) is 6.54 Å². The van der Waals surface area contributed by atoms with Gasteiger partial charge in [-0.3, -0.25) is 0 Å². The smallest absolute Gasteiger partial charge is 0.165 e. The molecule has 0 aromatic carbocycles. The molecule has 3 rings (SSSR count). The third-order valence-corrected chi connectivity index (χ3v) is 2.95. The Hall–Kier alpha value is -2.21. The van der Waals surface area contributed by atoms with E-state index >= 15 is 0 Å². The van der Waals surface area contributed by atoms with Gasteiger partial charge in [0.1, 0.15) is 17.0 Å². The van der Waals surface area contributed by atoms with Crippen LogP contribution in [-0.4, -0.2) is 24.5 Å². The first-order valence-corrected chi connectivity index (χ1v) is 5.64. The van der Waals surface area contributed by atoms with Crippen LogP contribution < -0.4 is 5.73 Å². The molecule has 3 aromatic rings. The van der Waals surface area contributed by atoms with Gasteiger partial charge in [-0.25, -0.2) is 19.9 Å². The monoisotopic (exact) mass is 260 g/mol. The molecule has 0 amide bonds. The Morgan fingerprint density at radius 2 is 2.11 bits per heavy atom. The zero-order chi connectivity index (χ0) is 12.5. The van der Waals surface area contributed by atoms with E-state index in [0.29, 0.717) is 28.7 Å². The summed E-state index contributed by atoms with van der Waals surface area (Å²) in [6.45, 7) is 0.541. The lowest BCUT2D eigenvalue weighted by atomic mass is 10.3. The number of pyridine rings is 1. The fraction of sp³-hybridized carbons (Fsp3) is 0.0909. The number of rotatable bonds is 2. The van der Waals surface area contributed by atoms with Gasteiger partial charge >= 0.3 is 0 Å². The van der Waals surface area contributed by atoms with Crippen LogP contribution in [-0.2, 0) is 6.54 Å². The molecule has 90 valence electrons. The molecule has 18 heavy (non-hydrogen) atoms. The van der Waals surface area contributed by atoms with Crippen LogP contribution in [0.1, 0.15) is 5.56 Å². The van der Waals surface area contributed by atoms with E-state index in [4.69, 9.17) is 17.3 Å². The Morgan fingerprint density at radius 3 is 2.94 bits per heavy atom. The number of imidazole rings is 1. The van der Waals surface area contributed by atoms with E-state index in [-0.39, 0.29) is 0 Å². The number of hydrogen-bond acceptors (Lipinski definition) is 5. The fourth-order valence-electron chi connectivity index (χ4n) is 1.74. The summed E-state index contributed by atoms with van der Waals surface area (Å²) in [5.41, 5.74) is 7.90. The molecule has 3 aromatic heterocycles. The normalized spacial score (nSPS) is 10.9. The maximum atomic E-state index is 6.02. The summed E-state index contributed by atoms with van der Waals surface area (Å²) in [6.07, 6.45) is 4.73. The Labute approximate surface area is 107 Å². The summed E-state index contributed by atoms with van der Waals surface area (Å²) in [7, 11) is 0. The highest BCUT2D eigenvalue weighted by atomic mass is 35.5. The molecule has 0 fully saturated rings. The summed E-state index contributed by atoms with van der Waals surface area (Å²) in [5.74, 6) is 0.371. The summed E-state index contributed by atoms with van der Waals surface area (Å²) >= 11 is 6.02. The van der Waals surface area contributed by atoms with Crippen LogP contribution in [0.3, 0.4) is 0 Å². The lowest BCUT2D eigenvalue weighted by molar-refractivity contribution is 0.809. The van der Waals surface area contributed by atoms with Gasteiger partial charge in [0.2, 0.25) is 0 Å². The molecule has 0 aliphatic heterocycles. The first-order valence-electron chi connectivity index (χ1n) is 5.26. The van der Waals surface area contributed by atoms with Crippen molar-refractivity contribution >= 4 is 28.6 Å². The van der Waals surface area contributed by atoms with Crippen LogP contribution in [0.5, 0.6) is 0 Å². The van der Waals surface area contributed by atoms with E-state index in [9.17, 15) is 0 Å². The minimum Gasteiger partial charge on any atom is -0.382 e. The third-order valence-electron chi connectivity index (χ3n) is 2.61. The summed E-state index contributed by atoms with van der Waals surface area (Å²) in [4.78, 5) is 16.3. The number of nitrogen functional groups attached to an aromatic ring is 1. The number of hydrogen-bond donors (Lipinski definition) is 1. The molecule has 0 unspecified atom stereocenters. The number of halogens is 1. The number of fused-ring (bicyclic) bond motifs is 1. The van der Waals surface area contributed by atoms with Gasteiger partial charge in [0, 0.05) is 11.8 Å². The molecular weight excluding hydrogens is 252 g/mol. The third kappa shape index (κ3) is 1.76. The van der Waals surface area contributed by atoms with Crippen molar-refractivity contribution < 1.29 is 0 Å². The van der Waals surface area contributed by atoms with E-state index in [1.54, 1.807) is 12.5 Å². The molecule has 0 bridgehead atoms. The lowest BCUT2D eigenvalue weighted by Crippen LogP contribution is -2.01. The topological polar surface area (TPSA) is 82.5 Å². The maximum absolute atomic E-state index is 6.02. The Bertz CT molecular complexity index is 708. The van der Waals surface area contributed by atoms with Gasteiger partial charge in [-0.15, -0.1) is 0 Å².